The second-order valence-corrected chi connectivity index (χ2v) is 6.24. The van der Waals surface area contributed by atoms with Gasteiger partial charge in [-0.05, 0) is 5.56 Å². The molecule has 1 heterocycles. The van der Waals surface area contributed by atoms with E-state index in [9.17, 15) is 8.42 Å². The lowest BCUT2D eigenvalue weighted by Crippen LogP contribution is -2.32. The number of benzene rings is 1. The molecule has 0 saturated heterocycles. The van der Waals surface area contributed by atoms with Crippen molar-refractivity contribution in [3.8, 4) is 0 Å². The molecule has 0 aliphatic heterocycles. The van der Waals surface area contributed by atoms with Crippen LogP contribution in [0.3, 0.4) is 0 Å². The highest BCUT2D eigenvalue weighted by Crippen LogP contribution is 2.12. The van der Waals surface area contributed by atoms with E-state index < -0.39 is 10.2 Å². The van der Waals surface area contributed by atoms with Crippen molar-refractivity contribution in [3.63, 3.8) is 0 Å². The molecule has 0 aliphatic carbocycles. The summed E-state index contributed by atoms with van der Waals surface area (Å²) in [6.45, 7) is 0.254. The molecule has 0 unspecified atom stereocenters. The molecule has 1 aromatic carbocycles. The number of hydrogen-bond acceptors (Lipinski definition) is 4. The van der Waals surface area contributed by atoms with Crippen molar-refractivity contribution in [2.24, 2.45) is 0 Å². The van der Waals surface area contributed by atoms with E-state index in [1.54, 1.807) is 0 Å². The van der Waals surface area contributed by atoms with Crippen LogP contribution in [-0.2, 0) is 16.8 Å². The minimum atomic E-state index is -3.71. The van der Waals surface area contributed by atoms with E-state index in [0.717, 1.165) is 5.56 Å². The molecule has 0 saturated carbocycles. The van der Waals surface area contributed by atoms with Crippen LogP contribution in [0.2, 0.25) is 5.15 Å². The third kappa shape index (κ3) is 3.89. The second kappa shape index (κ2) is 6.17. The van der Waals surface area contributed by atoms with Gasteiger partial charge >= 0.3 is 10.2 Å². The van der Waals surface area contributed by atoms with Gasteiger partial charge in [0.05, 0.1) is 12.4 Å². The normalized spacial score (nSPS) is 11.6. The van der Waals surface area contributed by atoms with Crippen molar-refractivity contribution in [2.75, 3.05) is 11.8 Å². The van der Waals surface area contributed by atoms with E-state index in [1.165, 1.54) is 23.7 Å². The van der Waals surface area contributed by atoms with Crippen LogP contribution >= 0.6 is 11.6 Å². The first-order valence-electron chi connectivity index (χ1n) is 5.73. The molecule has 20 heavy (non-hydrogen) atoms. The number of rotatable bonds is 5. The Balaban J connectivity index is 2.10. The molecule has 2 rings (SSSR count). The predicted molar refractivity (Wildman–Crippen MR) is 77.5 cm³/mol. The largest absolute Gasteiger partial charge is 0.302 e. The van der Waals surface area contributed by atoms with Crippen LogP contribution in [-0.4, -0.2) is 29.7 Å². The topological polar surface area (TPSA) is 75.2 Å². The van der Waals surface area contributed by atoms with Crippen LogP contribution in [0.1, 0.15) is 5.56 Å². The molecule has 0 bridgehead atoms. The Labute approximate surface area is 122 Å². The summed E-state index contributed by atoms with van der Waals surface area (Å²) in [5.41, 5.74) is 0.887. The molecule has 1 N–H and O–H groups in total. The smallest absolute Gasteiger partial charge is 0.258 e. The summed E-state index contributed by atoms with van der Waals surface area (Å²) in [5.74, 6) is 0.0809. The monoisotopic (exact) mass is 312 g/mol. The van der Waals surface area contributed by atoms with Gasteiger partial charge in [-0.1, -0.05) is 41.9 Å². The maximum absolute atomic E-state index is 12.1. The number of hydrogen-bond donors (Lipinski definition) is 1. The van der Waals surface area contributed by atoms with Gasteiger partial charge in [0.15, 0.2) is 5.82 Å². The second-order valence-electron chi connectivity index (χ2n) is 4.08. The quantitative estimate of drug-likeness (QED) is 0.915. The maximum Gasteiger partial charge on any atom is 0.302 e. The molecular formula is C12H13ClN4O2S. The fourth-order valence-electron chi connectivity index (χ4n) is 1.53. The van der Waals surface area contributed by atoms with Gasteiger partial charge in [-0.15, -0.1) is 0 Å². The summed E-state index contributed by atoms with van der Waals surface area (Å²) in [4.78, 5) is 7.61. The SMILES string of the molecule is CN(Cc1ccccc1)S(=O)(=O)Nc1cncc(Cl)n1. The Morgan fingerprint density at radius 3 is 2.60 bits per heavy atom. The van der Waals surface area contributed by atoms with Gasteiger partial charge in [-0.25, -0.2) is 4.98 Å². The fourth-order valence-corrected chi connectivity index (χ4v) is 2.51. The molecule has 0 radical (unpaired) electrons. The molecule has 0 aliphatic rings. The lowest BCUT2D eigenvalue weighted by molar-refractivity contribution is 0.471. The fraction of sp³-hybridized carbons (Fsp3) is 0.167. The zero-order valence-electron chi connectivity index (χ0n) is 10.7. The minimum absolute atomic E-state index is 0.0809. The molecule has 106 valence electrons. The zero-order chi connectivity index (χ0) is 14.6. The van der Waals surface area contributed by atoms with Crippen LogP contribution in [0.5, 0.6) is 0 Å². The summed E-state index contributed by atoms with van der Waals surface area (Å²) >= 11 is 5.66. The number of nitrogens with zero attached hydrogens (tertiary/aromatic N) is 3. The van der Waals surface area contributed by atoms with E-state index in [1.807, 2.05) is 30.3 Å². The average Bonchev–Trinajstić information content (AvgIpc) is 2.39. The molecule has 2 aromatic rings. The lowest BCUT2D eigenvalue weighted by atomic mass is 10.2. The highest BCUT2D eigenvalue weighted by atomic mass is 35.5. The number of nitrogens with one attached hydrogen (secondary N) is 1. The zero-order valence-corrected chi connectivity index (χ0v) is 12.3. The standard InChI is InChI=1S/C12H13ClN4O2S/c1-17(9-10-5-3-2-4-6-10)20(18,19)16-12-8-14-7-11(13)15-12/h2-8H,9H2,1H3,(H,15,16). The van der Waals surface area contributed by atoms with Crippen LogP contribution in [0, 0.1) is 0 Å². The van der Waals surface area contributed by atoms with Crippen LogP contribution in [0.4, 0.5) is 5.82 Å². The van der Waals surface area contributed by atoms with Gasteiger partial charge in [0.25, 0.3) is 0 Å². The Kier molecular flexibility index (Phi) is 4.53. The average molecular weight is 313 g/mol. The van der Waals surface area contributed by atoms with Crippen molar-refractivity contribution in [2.45, 2.75) is 6.54 Å². The van der Waals surface area contributed by atoms with Crippen LogP contribution in [0.25, 0.3) is 0 Å². The number of aromatic nitrogens is 2. The summed E-state index contributed by atoms with van der Waals surface area (Å²) in [6, 6.07) is 9.28. The summed E-state index contributed by atoms with van der Waals surface area (Å²) in [7, 11) is -2.23. The third-order valence-corrected chi connectivity index (χ3v) is 4.10. The van der Waals surface area contributed by atoms with Crippen molar-refractivity contribution in [1.82, 2.24) is 14.3 Å². The van der Waals surface area contributed by atoms with E-state index in [-0.39, 0.29) is 17.5 Å². The first kappa shape index (κ1) is 14.7. The highest BCUT2D eigenvalue weighted by molar-refractivity contribution is 7.90. The van der Waals surface area contributed by atoms with E-state index >= 15 is 0 Å². The van der Waals surface area contributed by atoms with Crippen LogP contribution < -0.4 is 4.72 Å². The van der Waals surface area contributed by atoms with Gasteiger partial charge in [0.2, 0.25) is 0 Å². The van der Waals surface area contributed by atoms with Crippen molar-refractivity contribution in [1.29, 1.82) is 0 Å². The minimum Gasteiger partial charge on any atom is -0.258 e. The number of halogens is 1. The molecule has 0 atom stereocenters. The number of anilines is 1. The van der Waals surface area contributed by atoms with Crippen molar-refractivity contribution < 1.29 is 8.42 Å². The molecule has 8 heteroatoms. The third-order valence-electron chi connectivity index (χ3n) is 2.50. The molecular weight excluding hydrogens is 300 g/mol. The maximum atomic E-state index is 12.1. The Hall–Kier alpha value is -1.70. The van der Waals surface area contributed by atoms with E-state index in [0.29, 0.717) is 0 Å². The van der Waals surface area contributed by atoms with E-state index in [4.69, 9.17) is 11.6 Å². The first-order valence-corrected chi connectivity index (χ1v) is 7.55. The van der Waals surface area contributed by atoms with Gasteiger partial charge < -0.3 is 0 Å². The highest BCUT2D eigenvalue weighted by Gasteiger charge is 2.18. The van der Waals surface area contributed by atoms with Gasteiger partial charge in [0.1, 0.15) is 5.15 Å². The van der Waals surface area contributed by atoms with Crippen LogP contribution in [0.15, 0.2) is 42.7 Å². The molecule has 0 spiro atoms. The Morgan fingerprint density at radius 2 is 1.95 bits per heavy atom. The lowest BCUT2D eigenvalue weighted by Gasteiger charge is -2.17. The van der Waals surface area contributed by atoms with Gasteiger partial charge in [-0.2, -0.15) is 12.7 Å². The van der Waals surface area contributed by atoms with Crippen molar-refractivity contribution >= 4 is 27.6 Å². The summed E-state index contributed by atoms with van der Waals surface area (Å²) in [5, 5.41) is 0.121. The first-order chi connectivity index (χ1) is 9.47. The van der Waals surface area contributed by atoms with Crippen molar-refractivity contribution in [3.05, 3.63) is 53.4 Å². The Bertz CT molecular complexity index is 679. The predicted octanol–water partition coefficient (Wildman–Crippen LogP) is 1.92. The summed E-state index contributed by atoms with van der Waals surface area (Å²) < 4.78 is 27.7. The van der Waals surface area contributed by atoms with E-state index in [2.05, 4.69) is 14.7 Å². The molecule has 0 amide bonds. The van der Waals surface area contributed by atoms with Gasteiger partial charge in [-0.3, -0.25) is 9.71 Å². The molecule has 1 aromatic heterocycles. The summed E-state index contributed by atoms with van der Waals surface area (Å²) in [6.07, 6.45) is 2.62. The Morgan fingerprint density at radius 1 is 1.25 bits per heavy atom. The molecule has 6 nitrogen and oxygen atoms in total. The molecule has 0 fully saturated rings. The van der Waals surface area contributed by atoms with Gasteiger partial charge in [0, 0.05) is 13.6 Å².